The lowest BCUT2D eigenvalue weighted by atomic mass is 9.94. The van der Waals surface area contributed by atoms with Gasteiger partial charge in [-0.2, -0.15) is 0 Å². The first kappa shape index (κ1) is 50.9. The normalized spacial score (nSPS) is 11.9. The molecule has 0 saturated heterocycles. The van der Waals surface area contributed by atoms with Crippen LogP contribution < -0.4 is 0 Å². The first-order chi connectivity index (χ1) is 45.1. The van der Waals surface area contributed by atoms with Gasteiger partial charge >= 0.3 is 0 Å². The largest absolute Gasteiger partial charge is 0.455 e. The highest BCUT2D eigenvalue weighted by molar-refractivity contribution is 7.25. The van der Waals surface area contributed by atoms with E-state index in [1.54, 1.807) is 11.3 Å². The molecule has 422 valence electrons. The number of thiophene rings is 1. The second-order valence-electron chi connectivity index (χ2n) is 23.2. The average molecular weight is 1180 g/mol. The second-order valence-corrected chi connectivity index (χ2v) is 24.3. The van der Waals surface area contributed by atoms with E-state index in [2.05, 4.69) is 226 Å². The molecule has 0 atom stereocenters. The predicted octanol–water partition coefficient (Wildman–Crippen LogP) is 22.8. The van der Waals surface area contributed by atoms with Gasteiger partial charge in [-0.25, -0.2) is 19.8 Å². The molecule has 0 radical (unpaired) electrons. The van der Waals surface area contributed by atoms with Crippen LogP contribution in [0.15, 0.2) is 288 Å². The molecule has 0 unspecified atom stereocenters. The Bertz CT molecular complexity index is 6270. The zero-order valence-electron chi connectivity index (χ0n) is 48.5. The van der Waals surface area contributed by atoms with Gasteiger partial charge in [0.2, 0.25) is 5.69 Å². The van der Waals surface area contributed by atoms with Crippen LogP contribution in [0.5, 0.6) is 0 Å². The van der Waals surface area contributed by atoms with Crippen LogP contribution >= 0.6 is 11.3 Å². The number of benzene rings is 13. The van der Waals surface area contributed by atoms with Crippen molar-refractivity contribution in [2.75, 3.05) is 0 Å². The van der Waals surface area contributed by atoms with E-state index >= 15 is 0 Å². The van der Waals surface area contributed by atoms with Gasteiger partial charge in [0.05, 0.1) is 50.8 Å². The predicted molar refractivity (Wildman–Crippen MR) is 375 cm³/mol. The molecule has 6 aromatic heterocycles. The Labute approximate surface area is 523 Å². The monoisotopic (exact) mass is 1180 g/mol. The van der Waals surface area contributed by atoms with Crippen molar-refractivity contribution in [2.45, 2.75) is 0 Å². The number of aromatic nitrogens is 5. The molecule has 13 aromatic carbocycles. The molecule has 6 heterocycles. The van der Waals surface area contributed by atoms with E-state index in [9.17, 15) is 6.57 Å². The fourth-order valence-electron chi connectivity index (χ4n) is 14.1. The van der Waals surface area contributed by atoms with Crippen molar-refractivity contribution in [3.8, 4) is 78.9 Å². The maximum Gasteiger partial charge on any atom is 0.212 e. The van der Waals surface area contributed by atoms with Gasteiger partial charge in [0.1, 0.15) is 22.3 Å². The van der Waals surface area contributed by atoms with E-state index in [1.165, 1.54) is 14.8 Å². The Balaban J connectivity index is 1.01. The maximum absolute atomic E-state index is 9.63. The van der Waals surface area contributed by atoms with E-state index in [1.807, 2.05) is 66.7 Å². The third-order valence-corrected chi connectivity index (χ3v) is 19.3. The molecule has 19 rings (SSSR count). The van der Waals surface area contributed by atoms with Crippen molar-refractivity contribution in [3.63, 3.8) is 0 Å². The quantitative estimate of drug-likeness (QED) is 0.142. The topological polar surface area (TPSA) is 79.2 Å². The molecular formula is C82H46N6O2S. The van der Waals surface area contributed by atoms with Gasteiger partial charge in [-0.3, -0.25) is 0 Å². The molecule has 0 amide bonds. The first-order valence-electron chi connectivity index (χ1n) is 30.3. The fraction of sp³-hybridized carbons (Fsp3) is 0. The molecule has 0 fully saturated rings. The summed E-state index contributed by atoms with van der Waals surface area (Å²) in [5, 5.41) is 10.3. The Morgan fingerprint density at radius 1 is 0.319 bits per heavy atom. The van der Waals surface area contributed by atoms with Crippen LogP contribution in [-0.2, 0) is 0 Å². The lowest BCUT2D eigenvalue weighted by molar-refractivity contribution is 0.672. The Kier molecular flexibility index (Phi) is 11.1. The minimum atomic E-state index is 0.398. The van der Waals surface area contributed by atoms with E-state index in [4.69, 9.17) is 23.8 Å². The minimum Gasteiger partial charge on any atom is -0.455 e. The lowest BCUT2D eigenvalue weighted by Gasteiger charge is -2.24. The van der Waals surface area contributed by atoms with Crippen molar-refractivity contribution in [1.82, 2.24) is 24.1 Å². The van der Waals surface area contributed by atoms with E-state index in [-0.39, 0.29) is 0 Å². The highest BCUT2D eigenvalue weighted by Gasteiger charge is 2.32. The summed E-state index contributed by atoms with van der Waals surface area (Å²) < 4.78 is 21.2. The number of para-hydroxylation sites is 2. The number of furan rings is 2. The highest BCUT2D eigenvalue weighted by Crippen LogP contribution is 2.53. The van der Waals surface area contributed by atoms with Crippen LogP contribution in [-0.4, -0.2) is 24.1 Å². The summed E-state index contributed by atoms with van der Waals surface area (Å²) >= 11 is 1.78. The number of rotatable bonds is 8. The number of fused-ring (bicyclic) bond motifs is 17. The Morgan fingerprint density at radius 3 is 1.33 bits per heavy atom. The smallest absolute Gasteiger partial charge is 0.212 e. The minimum absolute atomic E-state index is 0.398. The third-order valence-electron chi connectivity index (χ3n) is 18.2. The Hall–Kier alpha value is -12.2. The van der Waals surface area contributed by atoms with Gasteiger partial charge in [-0.05, 0) is 119 Å². The fourth-order valence-corrected chi connectivity index (χ4v) is 15.2. The zero-order valence-corrected chi connectivity index (χ0v) is 49.3. The zero-order chi connectivity index (χ0) is 59.8. The number of hydrogen-bond acceptors (Lipinski definition) is 6. The molecule has 0 saturated carbocycles. The molecule has 0 aliphatic carbocycles. The number of hydrogen-bond donors (Lipinski definition) is 0. The lowest BCUT2D eigenvalue weighted by Crippen LogP contribution is -2.08. The summed E-state index contributed by atoms with van der Waals surface area (Å²) in [6, 6.07) is 97.6. The summed E-state index contributed by atoms with van der Waals surface area (Å²) in [6.07, 6.45) is 0. The van der Waals surface area contributed by atoms with Crippen molar-refractivity contribution in [1.29, 1.82) is 0 Å². The molecule has 0 bridgehead atoms. The summed E-state index contributed by atoms with van der Waals surface area (Å²) in [5.74, 6) is 1.41. The molecule has 19 aromatic rings. The van der Waals surface area contributed by atoms with Crippen molar-refractivity contribution in [2.24, 2.45) is 0 Å². The van der Waals surface area contributed by atoms with Gasteiger partial charge in [-0.15, -0.1) is 11.3 Å². The van der Waals surface area contributed by atoms with Gasteiger partial charge in [-0.1, -0.05) is 188 Å². The summed E-state index contributed by atoms with van der Waals surface area (Å²) in [7, 11) is 0. The van der Waals surface area contributed by atoms with E-state index < -0.39 is 0 Å². The van der Waals surface area contributed by atoms with Crippen molar-refractivity contribution in [3.05, 3.63) is 290 Å². The van der Waals surface area contributed by atoms with Gasteiger partial charge in [0, 0.05) is 74.7 Å². The van der Waals surface area contributed by atoms with Crippen LogP contribution in [0.2, 0.25) is 0 Å². The van der Waals surface area contributed by atoms with Gasteiger partial charge < -0.3 is 18.0 Å². The SMILES string of the molecule is [C-]#[N+]c1cc(-c2nc(-c3ccccc3)nc(-c3ccc4sc5ccccc5c4c3)n2)c(-n2c3ccc(-c4ccccc4)cc3c3c4oc5ccccc5c4ccc32)c(-c2ccccc2)c1-n1c2ccc(-c3ccccc3)cc2c2c3oc4ccccc4c3ccc21. The first-order valence-corrected chi connectivity index (χ1v) is 31.2. The van der Waals surface area contributed by atoms with Crippen LogP contribution in [0, 0.1) is 6.57 Å². The second kappa shape index (κ2) is 19.9. The maximum atomic E-state index is 9.63. The summed E-state index contributed by atoms with van der Waals surface area (Å²) in [4.78, 5) is 21.3. The molecule has 0 spiro atoms. The standard InChI is InChI=1S/C82H46N6O2S/c1-83-64-47-63(82-85-80(51-26-12-5-13-27-51)84-81(86-82)54-36-43-72-60(46-54)57-30-16-19-33-71(57)91-72)76(87-65-39-34-52(48-20-6-2-7-21-48)44-61(65)74-67(87)41-37-58-55-28-14-17-31-69(55)89-78(58)74)73(50-24-10-4-11-25-50)77(64)88-66-40-35-53(49-22-8-3-9-23-49)45-62(66)75-68(88)42-38-59-56-29-15-18-32-70(56)90-79(59)75/h2-47H. The third kappa shape index (κ3) is 7.77. The number of nitrogens with zero attached hydrogens (tertiary/aromatic N) is 6. The molecule has 91 heavy (non-hydrogen) atoms. The Morgan fingerprint density at radius 2 is 0.758 bits per heavy atom. The molecule has 0 aliphatic rings. The molecule has 0 aliphatic heterocycles. The van der Waals surface area contributed by atoms with E-state index in [0.29, 0.717) is 34.4 Å². The van der Waals surface area contributed by atoms with Crippen LogP contribution in [0.3, 0.4) is 0 Å². The molecule has 9 heteroatoms. The average Bonchev–Trinajstić information content (AvgIpc) is 1.62. The van der Waals surface area contributed by atoms with Gasteiger partial charge in [0.15, 0.2) is 17.5 Å². The highest BCUT2D eigenvalue weighted by atomic mass is 32.1. The van der Waals surface area contributed by atoms with Crippen LogP contribution in [0.4, 0.5) is 5.69 Å². The van der Waals surface area contributed by atoms with E-state index in [0.717, 1.165) is 143 Å². The van der Waals surface area contributed by atoms with Crippen LogP contribution in [0.1, 0.15) is 0 Å². The molecule has 0 N–H and O–H groups in total. The van der Waals surface area contributed by atoms with Crippen molar-refractivity contribution >= 4 is 125 Å². The van der Waals surface area contributed by atoms with Crippen LogP contribution in [0.25, 0.3) is 191 Å². The van der Waals surface area contributed by atoms with Crippen molar-refractivity contribution < 1.29 is 8.83 Å². The molecule has 8 nitrogen and oxygen atoms in total. The summed E-state index contributed by atoms with van der Waals surface area (Å²) in [5.41, 5.74) is 17.0. The molecular weight excluding hydrogens is 1130 g/mol. The van der Waals surface area contributed by atoms with Gasteiger partial charge in [0.25, 0.3) is 0 Å². The summed E-state index contributed by atoms with van der Waals surface area (Å²) in [6.45, 7) is 9.63.